The van der Waals surface area contributed by atoms with E-state index in [1.54, 1.807) is 36.4 Å². The first-order valence-corrected chi connectivity index (χ1v) is 17.9. The van der Waals surface area contributed by atoms with Crippen LogP contribution in [0, 0.1) is 0 Å². The maximum absolute atomic E-state index is 13.8. The molecule has 3 aromatic rings. The van der Waals surface area contributed by atoms with Gasteiger partial charge in [0.15, 0.2) is 0 Å². The Morgan fingerprint density at radius 2 is 1.50 bits per heavy atom. The second-order valence-corrected chi connectivity index (χ2v) is 14.8. The van der Waals surface area contributed by atoms with E-state index >= 15 is 0 Å². The van der Waals surface area contributed by atoms with E-state index in [1.807, 2.05) is 6.07 Å². The summed E-state index contributed by atoms with van der Waals surface area (Å²) in [6, 6.07) is 14.4. The van der Waals surface area contributed by atoms with Crippen molar-refractivity contribution < 1.29 is 44.7 Å². The Morgan fingerprint density at radius 3 is 2.10 bits per heavy atom. The van der Waals surface area contributed by atoms with Gasteiger partial charge in [-0.05, 0) is 91.1 Å². The average molecular weight is 748 g/mol. The quantitative estimate of drug-likeness (QED) is 0.180. The van der Waals surface area contributed by atoms with Crippen molar-refractivity contribution in [1.29, 1.82) is 0 Å². The standard InChI is InChI=1S/C35H39F6N3O4S.ClH/c36-34(37,38)28-14-24(15-29(20-28)35(39,40)41)21-42-22-32(45)31(16-23-8-2-1-3-9-23)43-33(46)27-17-26(25-10-4-5-11-25)18-30(19-27)44-12-6-7-13-49(44,47)48;/h1-3,8-9,14-15,17-20,25,31-32,42,45H,4-7,10-13,16,21-22H2,(H,43,46);1H/t31-,32+;/m0./s1. The van der Waals surface area contributed by atoms with Crippen LogP contribution in [0.2, 0.25) is 0 Å². The van der Waals surface area contributed by atoms with E-state index in [2.05, 4.69) is 10.6 Å². The number of hydrogen-bond acceptors (Lipinski definition) is 5. The second kappa shape index (κ2) is 16.3. The lowest BCUT2D eigenvalue weighted by atomic mass is 9.94. The molecule has 7 nitrogen and oxygen atoms in total. The van der Waals surface area contributed by atoms with Crippen molar-refractivity contribution in [3.05, 3.63) is 100 Å². The molecule has 15 heteroatoms. The first kappa shape index (κ1) is 39.5. The number of hydrogen-bond donors (Lipinski definition) is 3. The summed E-state index contributed by atoms with van der Waals surface area (Å²) in [6.07, 6.45) is -6.03. The Hall–Kier alpha value is -3.33. The van der Waals surface area contributed by atoms with Crippen LogP contribution in [0.4, 0.5) is 32.0 Å². The Labute approximate surface area is 293 Å². The number of carbonyl (C=O) groups is 1. The summed E-state index contributed by atoms with van der Waals surface area (Å²) in [5, 5.41) is 16.8. The lowest BCUT2D eigenvalue weighted by molar-refractivity contribution is -0.143. The van der Waals surface area contributed by atoms with E-state index < -0.39 is 58.1 Å². The number of benzene rings is 3. The van der Waals surface area contributed by atoms with Gasteiger partial charge >= 0.3 is 12.4 Å². The average Bonchev–Trinajstić information content (AvgIpc) is 3.59. The molecule has 0 aromatic heterocycles. The smallest absolute Gasteiger partial charge is 0.390 e. The number of alkyl halides is 6. The van der Waals surface area contributed by atoms with Gasteiger partial charge in [0.1, 0.15) is 0 Å². The molecule has 1 saturated heterocycles. The molecular weight excluding hydrogens is 708 g/mol. The number of aliphatic hydroxyl groups excluding tert-OH is 1. The Bertz CT molecular complexity index is 1690. The molecule has 2 aliphatic rings. The second-order valence-electron chi connectivity index (χ2n) is 12.8. The highest BCUT2D eigenvalue weighted by molar-refractivity contribution is 7.92. The van der Waals surface area contributed by atoms with Crippen molar-refractivity contribution in [2.45, 2.75) is 81.9 Å². The van der Waals surface area contributed by atoms with Gasteiger partial charge in [-0.3, -0.25) is 9.10 Å². The van der Waals surface area contributed by atoms with Gasteiger partial charge in [0.05, 0.1) is 34.7 Å². The van der Waals surface area contributed by atoms with Gasteiger partial charge in [-0.1, -0.05) is 43.2 Å². The van der Waals surface area contributed by atoms with Crippen molar-refractivity contribution >= 4 is 34.0 Å². The molecule has 274 valence electrons. The van der Waals surface area contributed by atoms with E-state index in [9.17, 15) is 44.7 Å². The first-order chi connectivity index (χ1) is 23.1. The number of carbonyl (C=O) groups excluding carboxylic acids is 1. The molecule has 0 spiro atoms. The summed E-state index contributed by atoms with van der Waals surface area (Å²) in [5.41, 5.74) is -0.892. The van der Waals surface area contributed by atoms with E-state index in [-0.39, 0.29) is 54.2 Å². The SMILES string of the molecule is Cl.O=C(N[C@@H](Cc1ccccc1)[C@H](O)CNCc1cc(C(F)(F)F)cc(C(F)(F)F)c1)c1cc(C2CCCC2)cc(N2CCCCS2(=O)=O)c1. The van der Waals surface area contributed by atoms with Gasteiger partial charge in [-0.15, -0.1) is 12.4 Å². The van der Waals surface area contributed by atoms with Crippen LogP contribution in [-0.2, 0) is 35.3 Å². The first-order valence-electron chi connectivity index (χ1n) is 16.3. The Kier molecular flexibility index (Phi) is 12.9. The zero-order valence-corrected chi connectivity index (χ0v) is 28.7. The highest BCUT2D eigenvalue weighted by atomic mass is 35.5. The molecule has 0 radical (unpaired) electrons. The van der Waals surface area contributed by atoms with E-state index in [0.29, 0.717) is 37.2 Å². The van der Waals surface area contributed by atoms with Crippen molar-refractivity contribution in [2.24, 2.45) is 0 Å². The number of amides is 1. The van der Waals surface area contributed by atoms with Gasteiger partial charge in [-0.25, -0.2) is 8.42 Å². The summed E-state index contributed by atoms with van der Waals surface area (Å²) >= 11 is 0. The third-order valence-corrected chi connectivity index (χ3v) is 10.9. The van der Waals surface area contributed by atoms with Crippen molar-refractivity contribution in [3.63, 3.8) is 0 Å². The van der Waals surface area contributed by atoms with Crippen molar-refractivity contribution in [2.75, 3.05) is 23.1 Å². The normalized spacial score (nSPS) is 17.9. The third-order valence-electron chi connectivity index (χ3n) is 9.08. The van der Waals surface area contributed by atoms with Gasteiger partial charge in [0.2, 0.25) is 10.0 Å². The lowest BCUT2D eigenvalue weighted by Gasteiger charge is -2.30. The predicted octanol–water partition coefficient (Wildman–Crippen LogP) is 7.23. The summed E-state index contributed by atoms with van der Waals surface area (Å²) in [6.45, 7) is -0.378. The maximum Gasteiger partial charge on any atom is 0.416 e. The number of anilines is 1. The minimum absolute atomic E-state index is 0. The zero-order valence-electron chi connectivity index (χ0n) is 27.1. The fraction of sp³-hybridized carbons (Fsp3) is 0.457. The number of nitrogens with one attached hydrogen (secondary N) is 2. The van der Waals surface area contributed by atoms with Crippen LogP contribution in [0.15, 0.2) is 66.7 Å². The number of aliphatic hydroxyl groups is 1. The summed E-state index contributed by atoms with van der Waals surface area (Å²) < 4.78 is 107. The largest absolute Gasteiger partial charge is 0.416 e. The van der Waals surface area contributed by atoms with Crippen LogP contribution >= 0.6 is 12.4 Å². The lowest BCUT2D eigenvalue weighted by Crippen LogP contribution is -2.48. The molecule has 1 aliphatic carbocycles. The molecule has 2 fully saturated rings. The highest BCUT2D eigenvalue weighted by Gasteiger charge is 2.37. The summed E-state index contributed by atoms with van der Waals surface area (Å²) in [7, 11) is -3.56. The van der Waals surface area contributed by atoms with Gasteiger partial charge in [0, 0.05) is 25.2 Å². The summed E-state index contributed by atoms with van der Waals surface area (Å²) in [4.78, 5) is 13.8. The molecular formula is C35H40ClF6N3O4S. The molecule has 0 bridgehead atoms. The topological polar surface area (TPSA) is 98.7 Å². The minimum atomic E-state index is -4.99. The van der Waals surface area contributed by atoms with Gasteiger partial charge in [0.25, 0.3) is 5.91 Å². The number of nitrogens with zero attached hydrogens (tertiary/aromatic N) is 1. The van der Waals surface area contributed by atoms with Crippen LogP contribution in [0.1, 0.15) is 82.6 Å². The number of halogens is 7. The molecule has 50 heavy (non-hydrogen) atoms. The molecule has 1 amide bonds. The maximum atomic E-state index is 13.8. The van der Waals surface area contributed by atoms with Crippen LogP contribution < -0.4 is 14.9 Å². The fourth-order valence-electron chi connectivity index (χ4n) is 6.51. The Balaban J connectivity index is 0.00000562. The molecule has 3 aromatic carbocycles. The van der Waals surface area contributed by atoms with Crippen molar-refractivity contribution in [3.8, 4) is 0 Å². The van der Waals surface area contributed by atoms with Crippen molar-refractivity contribution in [1.82, 2.24) is 10.6 Å². The van der Waals surface area contributed by atoms with Crippen LogP contribution in [0.5, 0.6) is 0 Å². The van der Waals surface area contributed by atoms with E-state index in [1.165, 1.54) is 10.4 Å². The van der Waals surface area contributed by atoms with Gasteiger partial charge < -0.3 is 15.7 Å². The van der Waals surface area contributed by atoms with E-state index in [0.717, 1.165) is 36.8 Å². The molecule has 2 atom stereocenters. The van der Waals surface area contributed by atoms with Gasteiger partial charge in [-0.2, -0.15) is 26.3 Å². The number of rotatable bonds is 11. The third kappa shape index (κ3) is 10.1. The highest BCUT2D eigenvalue weighted by Crippen LogP contribution is 2.38. The van der Waals surface area contributed by atoms with E-state index in [4.69, 9.17) is 0 Å². The monoisotopic (exact) mass is 747 g/mol. The zero-order chi connectivity index (χ0) is 35.4. The van der Waals surface area contributed by atoms with Crippen LogP contribution in [-0.4, -0.2) is 50.4 Å². The van der Waals surface area contributed by atoms with Crippen LogP contribution in [0.25, 0.3) is 0 Å². The Morgan fingerprint density at radius 1 is 0.860 bits per heavy atom. The molecule has 5 rings (SSSR count). The van der Waals surface area contributed by atoms with Crippen LogP contribution in [0.3, 0.4) is 0 Å². The molecule has 1 aliphatic heterocycles. The minimum Gasteiger partial charge on any atom is -0.390 e. The molecule has 1 heterocycles. The number of sulfonamides is 1. The predicted molar refractivity (Wildman–Crippen MR) is 181 cm³/mol. The molecule has 0 unspecified atom stereocenters. The fourth-order valence-corrected chi connectivity index (χ4v) is 8.14. The molecule has 1 saturated carbocycles. The molecule has 3 N–H and O–H groups in total. The summed E-state index contributed by atoms with van der Waals surface area (Å²) in [5.74, 6) is -0.371.